The molecule has 3 aromatic rings. The van der Waals surface area contributed by atoms with Gasteiger partial charge in [0, 0.05) is 7.05 Å². The average Bonchev–Trinajstić information content (AvgIpc) is 3.04. The number of nitrogens with zero attached hydrogens (tertiary/aromatic N) is 4. The van der Waals surface area contributed by atoms with Crippen molar-refractivity contribution in [2.75, 3.05) is 6.61 Å². The largest absolute Gasteiger partial charge is 0.494 e. The van der Waals surface area contributed by atoms with Crippen LogP contribution in [0.1, 0.15) is 12.6 Å². The van der Waals surface area contributed by atoms with E-state index >= 15 is 0 Å². The highest BCUT2D eigenvalue weighted by molar-refractivity contribution is 7.71. The fourth-order valence-corrected chi connectivity index (χ4v) is 2.76. The lowest BCUT2D eigenvalue weighted by molar-refractivity contribution is 0.340. The Kier molecular flexibility index (Phi) is 4.23. The fraction of sp³-hybridized carbons (Fsp3) is 0.267. The number of H-pyrrole nitrogens is 1. The summed E-state index contributed by atoms with van der Waals surface area (Å²) >= 11 is 11.7. The van der Waals surface area contributed by atoms with Crippen LogP contribution in [-0.2, 0) is 7.05 Å². The molecule has 6 nitrogen and oxygen atoms in total. The van der Waals surface area contributed by atoms with Gasteiger partial charge in [0.05, 0.1) is 23.0 Å². The molecule has 23 heavy (non-hydrogen) atoms. The van der Waals surface area contributed by atoms with Crippen LogP contribution in [0.2, 0.25) is 5.02 Å². The van der Waals surface area contributed by atoms with Crippen molar-refractivity contribution in [1.82, 2.24) is 24.5 Å². The Morgan fingerprint density at radius 1 is 1.30 bits per heavy atom. The third kappa shape index (κ3) is 2.77. The summed E-state index contributed by atoms with van der Waals surface area (Å²) in [4.78, 5) is 0. The minimum atomic E-state index is 0.475. The first-order chi connectivity index (χ1) is 11.0. The summed E-state index contributed by atoms with van der Waals surface area (Å²) in [6.45, 7) is 4.48. The van der Waals surface area contributed by atoms with E-state index in [-0.39, 0.29) is 0 Å². The lowest BCUT2D eigenvalue weighted by atomic mass is 10.3. The molecule has 0 saturated heterocycles. The van der Waals surface area contributed by atoms with Crippen LogP contribution in [0.3, 0.4) is 0 Å². The number of aryl methyl sites for hydroxylation is 1. The van der Waals surface area contributed by atoms with Crippen LogP contribution in [0.25, 0.3) is 17.2 Å². The quantitative estimate of drug-likeness (QED) is 0.730. The highest BCUT2D eigenvalue weighted by Crippen LogP contribution is 2.30. The van der Waals surface area contributed by atoms with Gasteiger partial charge in [-0.25, -0.2) is 0 Å². The van der Waals surface area contributed by atoms with Crippen LogP contribution < -0.4 is 4.74 Å². The molecular weight excluding hydrogens is 334 g/mol. The zero-order valence-corrected chi connectivity index (χ0v) is 14.6. The van der Waals surface area contributed by atoms with Crippen molar-refractivity contribution in [3.05, 3.63) is 39.8 Å². The van der Waals surface area contributed by atoms with Gasteiger partial charge >= 0.3 is 0 Å². The molecule has 0 amide bonds. The van der Waals surface area contributed by atoms with E-state index in [4.69, 9.17) is 28.6 Å². The van der Waals surface area contributed by atoms with Crippen LogP contribution >= 0.6 is 23.8 Å². The van der Waals surface area contributed by atoms with Gasteiger partial charge in [0.15, 0.2) is 10.6 Å². The molecule has 8 heteroatoms. The Morgan fingerprint density at radius 2 is 2.00 bits per heavy atom. The zero-order valence-electron chi connectivity index (χ0n) is 13.0. The third-order valence-electron chi connectivity index (χ3n) is 3.55. The number of rotatable bonds is 4. The van der Waals surface area contributed by atoms with Gasteiger partial charge < -0.3 is 4.74 Å². The summed E-state index contributed by atoms with van der Waals surface area (Å²) < 4.78 is 9.47. The number of halogens is 1. The van der Waals surface area contributed by atoms with Crippen molar-refractivity contribution in [2.45, 2.75) is 13.8 Å². The van der Waals surface area contributed by atoms with Crippen molar-refractivity contribution in [1.29, 1.82) is 0 Å². The van der Waals surface area contributed by atoms with Crippen molar-refractivity contribution in [3.63, 3.8) is 0 Å². The summed E-state index contributed by atoms with van der Waals surface area (Å²) in [5, 5.41) is 12.1. The first-order valence-corrected chi connectivity index (χ1v) is 7.91. The van der Waals surface area contributed by atoms with Crippen molar-refractivity contribution < 1.29 is 4.74 Å². The Balaban J connectivity index is 2.12. The summed E-state index contributed by atoms with van der Waals surface area (Å²) in [6, 6.07) is 7.62. The predicted octanol–water partition coefficient (Wildman–Crippen LogP) is 3.69. The van der Waals surface area contributed by atoms with E-state index in [1.165, 1.54) is 0 Å². The summed E-state index contributed by atoms with van der Waals surface area (Å²) in [5.74, 6) is 1.38. The zero-order chi connectivity index (χ0) is 16.6. The van der Waals surface area contributed by atoms with Gasteiger partial charge in [0.2, 0.25) is 0 Å². The maximum atomic E-state index is 6.38. The van der Waals surface area contributed by atoms with E-state index in [1.807, 2.05) is 45.2 Å². The molecule has 1 aromatic carbocycles. The third-order valence-corrected chi connectivity index (χ3v) is 4.28. The Hall–Kier alpha value is -2.12. The van der Waals surface area contributed by atoms with Crippen LogP contribution in [0.15, 0.2) is 24.3 Å². The Bertz CT molecular complexity index is 894. The fourth-order valence-electron chi connectivity index (χ4n) is 2.28. The normalized spacial score (nSPS) is 11.0. The standard InChI is InChI=1S/C15H16ClN5OS/c1-4-22-11-7-5-10(6-8-11)21-14(17-18-15(21)23)13-12(16)9(2)20(3)19-13/h5-8H,4H2,1-3H3,(H,18,23). The minimum Gasteiger partial charge on any atom is -0.494 e. The van der Waals surface area contributed by atoms with Crippen molar-refractivity contribution in [2.24, 2.45) is 7.05 Å². The Morgan fingerprint density at radius 3 is 2.57 bits per heavy atom. The van der Waals surface area contributed by atoms with Crippen molar-refractivity contribution >= 4 is 23.8 Å². The summed E-state index contributed by atoms with van der Waals surface area (Å²) in [5.41, 5.74) is 2.32. The van der Waals surface area contributed by atoms with E-state index in [0.29, 0.717) is 27.9 Å². The average molecular weight is 350 g/mol. The number of ether oxygens (including phenoxy) is 1. The van der Waals surface area contributed by atoms with Crippen LogP contribution in [-0.4, -0.2) is 31.2 Å². The lowest BCUT2D eigenvalue weighted by Gasteiger charge is -2.07. The molecule has 2 aromatic heterocycles. The van der Waals surface area contributed by atoms with Gasteiger partial charge in [0.25, 0.3) is 0 Å². The number of hydrogen-bond acceptors (Lipinski definition) is 4. The second kappa shape index (κ2) is 6.17. The highest BCUT2D eigenvalue weighted by Gasteiger charge is 2.19. The molecule has 0 atom stereocenters. The molecule has 3 rings (SSSR count). The first kappa shape index (κ1) is 15.8. The number of hydrogen-bond donors (Lipinski definition) is 1. The smallest absolute Gasteiger partial charge is 0.200 e. The molecule has 0 radical (unpaired) electrons. The van der Waals surface area contributed by atoms with E-state index < -0.39 is 0 Å². The molecule has 0 spiro atoms. The van der Waals surface area contributed by atoms with Gasteiger partial charge in [-0.2, -0.15) is 10.2 Å². The minimum absolute atomic E-state index is 0.475. The number of nitrogens with one attached hydrogen (secondary N) is 1. The topological polar surface area (TPSA) is 60.7 Å². The van der Waals surface area contributed by atoms with E-state index in [0.717, 1.165) is 17.1 Å². The molecule has 0 unspecified atom stereocenters. The molecule has 0 aliphatic carbocycles. The van der Waals surface area contributed by atoms with Gasteiger partial charge in [-0.15, -0.1) is 0 Å². The molecule has 0 fully saturated rings. The second-order valence-electron chi connectivity index (χ2n) is 4.99. The second-order valence-corrected chi connectivity index (χ2v) is 5.75. The number of aromatic amines is 1. The summed E-state index contributed by atoms with van der Waals surface area (Å²) in [6.07, 6.45) is 0. The number of benzene rings is 1. The molecular formula is C15H16ClN5OS. The molecule has 0 saturated carbocycles. The van der Waals surface area contributed by atoms with Crippen LogP contribution in [0.4, 0.5) is 0 Å². The molecule has 2 heterocycles. The maximum Gasteiger partial charge on any atom is 0.200 e. The molecule has 1 N–H and O–H groups in total. The molecule has 0 aliphatic rings. The van der Waals surface area contributed by atoms with Crippen LogP contribution in [0, 0.1) is 11.7 Å². The van der Waals surface area contributed by atoms with E-state index in [9.17, 15) is 0 Å². The first-order valence-electron chi connectivity index (χ1n) is 7.13. The van der Waals surface area contributed by atoms with Gasteiger partial charge in [-0.3, -0.25) is 14.3 Å². The van der Waals surface area contributed by atoms with E-state index in [2.05, 4.69) is 15.3 Å². The number of aromatic nitrogens is 5. The monoisotopic (exact) mass is 349 g/mol. The SMILES string of the molecule is CCOc1ccc(-n2c(-c3nn(C)c(C)c3Cl)n[nH]c2=S)cc1. The van der Waals surface area contributed by atoms with Crippen molar-refractivity contribution in [3.8, 4) is 23.0 Å². The Labute approximate surface area is 143 Å². The van der Waals surface area contributed by atoms with Crippen LogP contribution in [0.5, 0.6) is 5.75 Å². The highest BCUT2D eigenvalue weighted by atomic mass is 35.5. The predicted molar refractivity (Wildman–Crippen MR) is 91.9 cm³/mol. The van der Waals surface area contributed by atoms with Gasteiger partial charge in [-0.05, 0) is 50.3 Å². The van der Waals surface area contributed by atoms with Gasteiger partial charge in [-0.1, -0.05) is 11.6 Å². The molecule has 120 valence electrons. The maximum absolute atomic E-state index is 6.38. The molecule has 0 aliphatic heterocycles. The summed E-state index contributed by atoms with van der Waals surface area (Å²) in [7, 11) is 1.84. The lowest BCUT2D eigenvalue weighted by Crippen LogP contribution is -2.00. The van der Waals surface area contributed by atoms with E-state index in [1.54, 1.807) is 9.25 Å². The van der Waals surface area contributed by atoms with Gasteiger partial charge in [0.1, 0.15) is 11.4 Å². The molecule has 0 bridgehead atoms.